The van der Waals surface area contributed by atoms with Gasteiger partial charge in [-0.2, -0.15) is 13.2 Å². The Morgan fingerprint density at radius 2 is 2.06 bits per heavy atom. The lowest BCUT2D eigenvalue weighted by Gasteiger charge is -2.15. The fraction of sp³-hybridized carbons (Fsp3) is 0.500. The average Bonchev–Trinajstić information content (AvgIpc) is 2.22. The minimum atomic E-state index is -4.37. The third-order valence-corrected chi connectivity index (χ3v) is 2.89. The van der Waals surface area contributed by atoms with Crippen LogP contribution < -0.4 is 5.32 Å². The van der Waals surface area contributed by atoms with Gasteiger partial charge in [0.1, 0.15) is 0 Å². The second kappa shape index (κ2) is 6.43. The highest BCUT2D eigenvalue weighted by Gasteiger charge is 2.33. The minimum absolute atomic E-state index is 0.0578. The fourth-order valence-corrected chi connectivity index (χ4v) is 1.89. The van der Waals surface area contributed by atoms with E-state index in [1.54, 1.807) is 6.92 Å². The SMILES string of the molecule is CC(O)CCCNc1cc(Br)ccc1C(F)(F)F. The van der Waals surface area contributed by atoms with Crippen molar-refractivity contribution >= 4 is 21.6 Å². The molecule has 0 aliphatic carbocycles. The van der Waals surface area contributed by atoms with Crippen LogP contribution in [0.15, 0.2) is 22.7 Å². The minimum Gasteiger partial charge on any atom is -0.393 e. The summed E-state index contributed by atoms with van der Waals surface area (Å²) in [5.41, 5.74) is -0.620. The van der Waals surface area contributed by atoms with Crippen LogP contribution in [0.5, 0.6) is 0 Å². The Bertz CT molecular complexity index is 393. The Labute approximate surface area is 112 Å². The normalized spacial score (nSPS) is 13.4. The first-order chi connectivity index (χ1) is 8.30. The lowest BCUT2D eigenvalue weighted by atomic mass is 10.1. The molecule has 1 aromatic carbocycles. The van der Waals surface area contributed by atoms with E-state index in [1.165, 1.54) is 12.1 Å². The van der Waals surface area contributed by atoms with Gasteiger partial charge >= 0.3 is 6.18 Å². The van der Waals surface area contributed by atoms with Crippen molar-refractivity contribution in [1.29, 1.82) is 0 Å². The molecule has 1 aromatic rings. The number of nitrogens with one attached hydrogen (secondary N) is 1. The maximum Gasteiger partial charge on any atom is 0.418 e. The number of anilines is 1. The summed E-state index contributed by atoms with van der Waals surface area (Å²) in [5, 5.41) is 11.8. The average molecular weight is 326 g/mol. The van der Waals surface area contributed by atoms with Crippen LogP contribution in [0.1, 0.15) is 25.3 Å². The fourth-order valence-electron chi connectivity index (χ4n) is 1.53. The van der Waals surface area contributed by atoms with Crippen molar-refractivity contribution in [3.05, 3.63) is 28.2 Å². The zero-order chi connectivity index (χ0) is 13.8. The van der Waals surface area contributed by atoms with E-state index in [0.29, 0.717) is 23.9 Å². The summed E-state index contributed by atoms with van der Waals surface area (Å²) in [4.78, 5) is 0. The third-order valence-electron chi connectivity index (χ3n) is 2.40. The van der Waals surface area contributed by atoms with Gasteiger partial charge in [-0.1, -0.05) is 15.9 Å². The molecule has 0 amide bonds. The molecule has 0 aliphatic heterocycles. The standard InChI is InChI=1S/C12H15BrF3NO/c1-8(18)3-2-6-17-11-7-9(13)4-5-10(11)12(14,15)16/h4-5,7-8,17-18H,2-3,6H2,1H3. The Morgan fingerprint density at radius 1 is 1.39 bits per heavy atom. The summed E-state index contributed by atoms with van der Waals surface area (Å²) in [7, 11) is 0. The molecule has 1 atom stereocenters. The summed E-state index contributed by atoms with van der Waals surface area (Å²) < 4.78 is 38.8. The van der Waals surface area contributed by atoms with Crippen molar-refractivity contribution in [2.75, 3.05) is 11.9 Å². The van der Waals surface area contributed by atoms with Gasteiger partial charge in [-0.25, -0.2) is 0 Å². The molecule has 102 valence electrons. The van der Waals surface area contributed by atoms with Crippen molar-refractivity contribution in [3.63, 3.8) is 0 Å². The first-order valence-electron chi connectivity index (χ1n) is 5.59. The number of hydrogen-bond donors (Lipinski definition) is 2. The predicted molar refractivity (Wildman–Crippen MR) is 68.5 cm³/mol. The topological polar surface area (TPSA) is 32.3 Å². The lowest BCUT2D eigenvalue weighted by molar-refractivity contribution is -0.137. The molecule has 2 N–H and O–H groups in total. The van der Waals surface area contributed by atoms with Gasteiger partial charge in [-0.3, -0.25) is 0 Å². The van der Waals surface area contributed by atoms with Crippen LogP contribution in [-0.4, -0.2) is 17.8 Å². The van der Waals surface area contributed by atoms with Crippen molar-refractivity contribution in [2.24, 2.45) is 0 Å². The zero-order valence-electron chi connectivity index (χ0n) is 9.89. The Kier molecular flexibility index (Phi) is 5.47. The number of rotatable bonds is 5. The molecular formula is C12H15BrF3NO. The van der Waals surface area contributed by atoms with Gasteiger partial charge in [0, 0.05) is 16.7 Å². The first kappa shape index (κ1) is 15.3. The van der Waals surface area contributed by atoms with Gasteiger partial charge in [0.25, 0.3) is 0 Å². The maximum absolute atomic E-state index is 12.7. The molecule has 6 heteroatoms. The van der Waals surface area contributed by atoms with E-state index < -0.39 is 17.8 Å². The largest absolute Gasteiger partial charge is 0.418 e. The maximum atomic E-state index is 12.7. The number of hydrogen-bond acceptors (Lipinski definition) is 2. The van der Waals surface area contributed by atoms with E-state index in [-0.39, 0.29) is 5.69 Å². The second-order valence-electron chi connectivity index (χ2n) is 4.11. The highest BCUT2D eigenvalue weighted by molar-refractivity contribution is 9.10. The Morgan fingerprint density at radius 3 is 2.61 bits per heavy atom. The Balaban J connectivity index is 2.71. The molecule has 1 unspecified atom stereocenters. The molecule has 0 fully saturated rings. The summed E-state index contributed by atoms with van der Waals surface area (Å²) in [5.74, 6) is 0. The van der Waals surface area contributed by atoms with E-state index in [4.69, 9.17) is 5.11 Å². The summed E-state index contributed by atoms with van der Waals surface area (Å²) in [6.07, 6.45) is -3.63. The van der Waals surface area contributed by atoms with E-state index in [1.807, 2.05) is 0 Å². The van der Waals surface area contributed by atoms with Crippen molar-refractivity contribution < 1.29 is 18.3 Å². The van der Waals surface area contributed by atoms with Crippen LogP contribution in [0.2, 0.25) is 0 Å². The molecule has 0 saturated carbocycles. The molecule has 1 rings (SSSR count). The van der Waals surface area contributed by atoms with E-state index in [2.05, 4.69) is 21.2 Å². The van der Waals surface area contributed by atoms with Gasteiger partial charge in [0.05, 0.1) is 11.7 Å². The molecule has 0 heterocycles. The summed E-state index contributed by atoms with van der Waals surface area (Å²) in [6.45, 7) is 2.05. The van der Waals surface area contributed by atoms with Gasteiger partial charge in [0.15, 0.2) is 0 Å². The van der Waals surface area contributed by atoms with Crippen LogP contribution in [0, 0.1) is 0 Å². The van der Waals surface area contributed by atoms with Gasteiger partial charge < -0.3 is 10.4 Å². The molecule has 0 saturated heterocycles. The quantitative estimate of drug-likeness (QED) is 0.801. The number of aliphatic hydroxyl groups is 1. The highest BCUT2D eigenvalue weighted by atomic mass is 79.9. The highest BCUT2D eigenvalue weighted by Crippen LogP contribution is 2.36. The third kappa shape index (κ3) is 4.86. The van der Waals surface area contributed by atoms with Crippen LogP contribution >= 0.6 is 15.9 Å². The van der Waals surface area contributed by atoms with Crippen LogP contribution in [0.4, 0.5) is 18.9 Å². The van der Waals surface area contributed by atoms with Crippen LogP contribution in [0.25, 0.3) is 0 Å². The first-order valence-corrected chi connectivity index (χ1v) is 6.38. The van der Waals surface area contributed by atoms with Crippen LogP contribution in [0.3, 0.4) is 0 Å². The summed E-state index contributed by atoms with van der Waals surface area (Å²) >= 11 is 3.15. The molecule has 0 aromatic heterocycles. The Hall–Kier alpha value is -0.750. The second-order valence-corrected chi connectivity index (χ2v) is 5.02. The molecule has 0 radical (unpaired) electrons. The van der Waals surface area contributed by atoms with Gasteiger partial charge in [-0.05, 0) is 38.0 Å². The van der Waals surface area contributed by atoms with E-state index in [9.17, 15) is 13.2 Å². The van der Waals surface area contributed by atoms with E-state index in [0.717, 1.165) is 6.07 Å². The zero-order valence-corrected chi connectivity index (χ0v) is 11.5. The number of halogens is 4. The van der Waals surface area contributed by atoms with Gasteiger partial charge in [0.2, 0.25) is 0 Å². The summed E-state index contributed by atoms with van der Waals surface area (Å²) in [6, 6.07) is 3.82. The molecule has 2 nitrogen and oxygen atoms in total. The lowest BCUT2D eigenvalue weighted by Crippen LogP contribution is -2.12. The van der Waals surface area contributed by atoms with Crippen LogP contribution in [-0.2, 0) is 6.18 Å². The van der Waals surface area contributed by atoms with Crippen molar-refractivity contribution in [3.8, 4) is 0 Å². The molecule has 0 bridgehead atoms. The monoisotopic (exact) mass is 325 g/mol. The molecular weight excluding hydrogens is 311 g/mol. The predicted octanol–water partition coefficient (Wildman–Crippen LogP) is 4.04. The number of aliphatic hydroxyl groups excluding tert-OH is 1. The van der Waals surface area contributed by atoms with E-state index >= 15 is 0 Å². The number of benzene rings is 1. The smallest absolute Gasteiger partial charge is 0.393 e. The number of alkyl halides is 3. The molecule has 0 aliphatic rings. The van der Waals surface area contributed by atoms with Gasteiger partial charge in [-0.15, -0.1) is 0 Å². The molecule has 18 heavy (non-hydrogen) atoms. The molecule has 0 spiro atoms. The van der Waals surface area contributed by atoms with Crippen molar-refractivity contribution in [1.82, 2.24) is 0 Å². The van der Waals surface area contributed by atoms with Crippen molar-refractivity contribution in [2.45, 2.75) is 32.0 Å².